The van der Waals surface area contributed by atoms with Crippen molar-refractivity contribution in [1.82, 2.24) is 10.3 Å². The van der Waals surface area contributed by atoms with Gasteiger partial charge in [-0.3, -0.25) is 4.98 Å². The molecule has 1 aromatic heterocycles. The Morgan fingerprint density at radius 1 is 1.15 bits per heavy atom. The van der Waals surface area contributed by atoms with Crippen LogP contribution in [0.2, 0.25) is 0 Å². The SMILES string of the molecule is CCNC(CCc1ccncc1)C1CC(C)CC(C)C1. The van der Waals surface area contributed by atoms with Crippen molar-refractivity contribution >= 4 is 0 Å². The maximum absolute atomic E-state index is 4.10. The van der Waals surface area contributed by atoms with Crippen molar-refractivity contribution in [2.45, 2.75) is 58.9 Å². The van der Waals surface area contributed by atoms with Crippen LogP contribution in [0.5, 0.6) is 0 Å². The van der Waals surface area contributed by atoms with Crippen molar-refractivity contribution in [2.75, 3.05) is 6.54 Å². The molecule has 20 heavy (non-hydrogen) atoms. The van der Waals surface area contributed by atoms with Gasteiger partial charge in [0, 0.05) is 18.4 Å². The van der Waals surface area contributed by atoms with Crippen molar-refractivity contribution in [1.29, 1.82) is 0 Å². The predicted octanol–water partition coefficient (Wildman–Crippen LogP) is 4.06. The fourth-order valence-corrected chi connectivity index (χ4v) is 3.98. The lowest BCUT2D eigenvalue weighted by molar-refractivity contribution is 0.172. The summed E-state index contributed by atoms with van der Waals surface area (Å²) in [6.45, 7) is 8.17. The average Bonchev–Trinajstić information content (AvgIpc) is 2.43. The van der Waals surface area contributed by atoms with Gasteiger partial charge in [0.1, 0.15) is 0 Å². The standard InChI is InChI=1S/C18H30N2/c1-4-20-18(6-5-16-7-9-19-10-8-16)17-12-14(2)11-15(3)13-17/h7-10,14-15,17-18,20H,4-6,11-13H2,1-3H3. The highest BCUT2D eigenvalue weighted by Crippen LogP contribution is 2.35. The van der Waals surface area contributed by atoms with Crippen LogP contribution in [0.25, 0.3) is 0 Å². The number of aromatic nitrogens is 1. The quantitative estimate of drug-likeness (QED) is 0.846. The van der Waals surface area contributed by atoms with Crippen LogP contribution in [0.15, 0.2) is 24.5 Å². The van der Waals surface area contributed by atoms with E-state index in [0.717, 1.165) is 24.3 Å². The minimum absolute atomic E-state index is 0.679. The van der Waals surface area contributed by atoms with Gasteiger partial charge in [-0.2, -0.15) is 0 Å². The third-order valence-corrected chi connectivity index (χ3v) is 4.74. The largest absolute Gasteiger partial charge is 0.314 e. The topological polar surface area (TPSA) is 24.9 Å². The van der Waals surface area contributed by atoms with Gasteiger partial charge in [-0.15, -0.1) is 0 Å². The molecule has 3 unspecified atom stereocenters. The molecular weight excluding hydrogens is 244 g/mol. The number of nitrogens with zero attached hydrogens (tertiary/aromatic N) is 1. The van der Waals surface area contributed by atoms with Crippen molar-refractivity contribution in [3.05, 3.63) is 30.1 Å². The summed E-state index contributed by atoms with van der Waals surface area (Å²) in [6, 6.07) is 4.97. The molecule has 1 saturated carbocycles. The molecule has 0 aromatic carbocycles. The molecule has 2 heteroatoms. The zero-order valence-corrected chi connectivity index (χ0v) is 13.3. The van der Waals surface area contributed by atoms with Crippen molar-refractivity contribution in [3.63, 3.8) is 0 Å². The van der Waals surface area contributed by atoms with E-state index < -0.39 is 0 Å². The van der Waals surface area contributed by atoms with E-state index in [2.05, 4.69) is 43.2 Å². The van der Waals surface area contributed by atoms with Gasteiger partial charge in [0.2, 0.25) is 0 Å². The summed E-state index contributed by atoms with van der Waals surface area (Å²) in [5.74, 6) is 2.65. The van der Waals surface area contributed by atoms with Crippen LogP contribution in [0, 0.1) is 17.8 Å². The van der Waals surface area contributed by atoms with E-state index in [1.165, 1.54) is 37.7 Å². The first-order valence-corrected chi connectivity index (χ1v) is 8.31. The predicted molar refractivity (Wildman–Crippen MR) is 85.7 cm³/mol. The summed E-state index contributed by atoms with van der Waals surface area (Å²) in [6.07, 6.45) is 10.4. The van der Waals surface area contributed by atoms with Crippen molar-refractivity contribution in [3.8, 4) is 0 Å². The summed E-state index contributed by atoms with van der Waals surface area (Å²) in [5.41, 5.74) is 1.42. The van der Waals surface area contributed by atoms with E-state index in [0.29, 0.717) is 6.04 Å². The van der Waals surface area contributed by atoms with Gasteiger partial charge in [-0.25, -0.2) is 0 Å². The highest BCUT2D eigenvalue weighted by molar-refractivity contribution is 5.10. The van der Waals surface area contributed by atoms with E-state index in [1.54, 1.807) is 0 Å². The molecule has 2 rings (SSSR count). The van der Waals surface area contributed by atoms with E-state index in [9.17, 15) is 0 Å². The van der Waals surface area contributed by atoms with Gasteiger partial charge < -0.3 is 5.32 Å². The molecular formula is C18H30N2. The molecule has 2 nitrogen and oxygen atoms in total. The fourth-order valence-electron chi connectivity index (χ4n) is 3.98. The molecule has 112 valence electrons. The fraction of sp³-hybridized carbons (Fsp3) is 0.722. The second kappa shape index (κ2) is 7.78. The third-order valence-electron chi connectivity index (χ3n) is 4.74. The molecule has 3 atom stereocenters. The Labute approximate surface area is 124 Å². The monoisotopic (exact) mass is 274 g/mol. The van der Waals surface area contributed by atoms with Crippen LogP contribution in [0.3, 0.4) is 0 Å². The number of pyridine rings is 1. The Hall–Kier alpha value is -0.890. The van der Waals surface area contributed by atoms with E-state index in [-0.39, 0.29) is 0 Å². The van der Waals surface area contributed by atoms with Crippen LogP contribution in [0.1, 0.15) is 52.0 Å². The first-order valence-electron chi connectivity index (χ1n) is 8.31. The zero-order valence-electron chi connectivity index (χ0n) is 13.3. The summed E-state index contributed by atoms with van der Waals surface area (Å²) in [7, 11) is 0. The number of nitrogens with one attached hydrogen (secondary N) is 1. The Morgan fingerprint density at radius 2 is 1.80 bits per heavy atom. The third kappa shape index (κ3) is 4.59. The summed E-state index contributed by atoms with van der Waals surface area (Å²) in [5, 5.41) is 3.75. The van der Waals surface area contributed by atoms with Gasteiger partial charge >= 0.3 is 0 Å². The molecule has 0 radical (unpaired) electrons. The lowest BCUT2D eigenvalue weighted by atomic mass is 9.73. The zero-order chi connectivity index (χ0) is 14.4. The molecule has 0 saturated heterocycles. The highest BCUT2D eigenvalue weighted by atomic mass is 14.9. The van der Waals surface area contributed by atoms with Gasteiger partial charge in [0.25, 0.3) is 0 Å². The maximum atomic E-state index is 4.10. The Bertz CT molecular complexity index is 366. The first kappa shape index (κ1) is 15.5. The van der Waals surface area contributed by atoms with Crippen LogP contribution < -0.4 is 5.32 Å². The first-order chi connectivity index (χ1) is 9.69. The van der Waals surface area contributed by atoms with Crippen molar-refractivity contribution < 1.29 is 0 Å². The number of hydrogen-bond acceptors (Lipinski definition) is 2. The molecule has 1 aliphatic carbocycles. The molecule has 1 N–H and O–H groups in total. The van der Waals surface area contributed by atoms with Crippen LogP contribution in [0.4, 0.5) is 0 Å². The molecule has 0 aliphatic heterocycles. The second-order valence-corrected chi connectivity index (χ2v) is 6.74. The number of aryl methyl sites for hydroxylation is 1. The van der Waals surface area contributed by atoms with E-state index in [4.69, 9.17) is 0 Å². The van der Waals surface area contributed by atoms with Crippen LogP contribution in [-0.4, -0.2) is 17.6 Å². The minimum Gasteiger partial charge on any atom is -0.314 e. The lowest BCUT2D eigenvalue weighted by Gasteiger charge is -2.37. The smallest absolute Gasteiger partial charge is 0.0270 e. The lowest BCUT2D eigenvalue weighted by Crippen LogP contribution is -2.40. The summed E-state index contributed by atoms with van der Waals surface area (Å²) >= 11 is 0. The molecule has 1 heterocycles. The van der Waals surface area contributed by atoms with Gasteiger partial charge in [0.05, 0.1) is 0 Å². The minimum atomic E-state index is 0.679. The second-order valence-electron chi connectivity index (χ2n) is 6.74. The summed E-state index contributed by atoms with van der Waals surface area (Å²) in [4.78, 5) is 4.10. The molecule has 0 amide bonds. The van der Waals surface area contributed by atoms with Crippen LogP contribution in [-0.2, 0) is 6.42 Å². The average molecular weight is 274 g/mol. The number of hydrogen-bond donors (Lipinski definition) is 1. The van der Waals surface area contributed by atoms with Gasteiger partial charge in [0.15, 0.2) is 0 Å². The Balaban J connectivity index is 1.92. The van der Waals surface area contributed by atoms with Gasteiger partial charge in [-0.05, 0) is 74.1 Å². The molecule has 1 aliphatic rings. The molecule has 0 spiro atoms. The highest BCUT2D eigenvalue weighted by Gasteiger charge is 2.29. The van der Waals surface area contributed by atoms with Crippen LogP contribution >= 0.6 is 0 Å². The Morgan fingerprint density at radius 3 is 2.40 bits per heavy atom. The van der Waals surface area contributed by atoms with E-state index in [1.807, 2.05) is 12.4 Å². The summed E-state index contributed by atoms with van der Waals surface area (Å²) < 4.78 is 0. The normalized spacial score (nSPS) is 28.2. The maximum Gasteiger partial charge on any atom is 0.0270 e. The molecule has 1 fully saturated rings. The van der Waals surface area contributed by atoms with Crippen molar-refractivity contribution in [2.24, 2.45) is 17.8 Å². The molecule has 0 bridgehead atoms. The molecule has 1 aromatic rings. The number of rotatable bonds is 6. The van der Waals surface area contributed by atoms with Gasteiger partial charge in [-0.1, -0.05) is 20.8 Å². The van der Waals surface area contributed by atoms with E-state index >= 15 is 0 Å². The Kier molecular flexibility index (Phi) is 6.03.